The predicted molar refractivity (Wildman–Crippen MR) is 106 cm³/mol. The number of aryl methyl sites for hydroxylation is 3. The largest absolute Gasteiger partial charge is 0.493 e. The van der Waals surface area contributed by atoms with E-state index >= 15 is 0 Å². The minimum absolute atomic E-state index is 0.687. The van der Waals surface area contributed by atoms with E-state index in [4.69, 9.17) is 4.74 Å². The van der Waals surface area contributed by atoms with Gasteiger partial charge in [0.05, 0.1) is 17.3 Å². The highest BCUT2D eigenvalue weighted by molar-refractivity contribution is 7.11. The van der Waals surface area contributed by atoms with Crippen molar-refractivity contribution in [2.24, 2.45) is 4.99 Å². The fraction of sp³-hybridized carbons (Fsp3) is 0.474. The van der Waals surface area contributed by atoms with Crippen molar-refractivity contribution in [3.63, 3.8) is 0 Å². The van der Waals surface area contributed by atoms with Gasteiger partial charge in [-0.3, -0.25) is 4.99 Å². The first-order valence-electron chi connectivity index (χ1n) is 8.66. The summed E-state index contributed by atoms with van der Waals surface area (Å²) in [6.45, 7) is 8.57. The summed E-state index contributed by atoms with van der Waals surface area (Å²) >= 11 is 1.77. The lowest BCUT2D eigenvalue weighted by molar-refractivity contribution is 0.309. The molecule has 0 bridgehead atoms. The first kappa shape index (κ1) is 19.2. The Balaban J connectivity index is 1.61. The quantitative estimate of drug-likeness (QED) is 0.431. The van der Waals surface area contributed by atoms with Gasteiger partial charge in [0.25, 0.3) is 0 Å². The van der Waals surface area contributed by atoms with E-state index in [0.29, 0.717) is 6.61 Å². The molecule has 5 nitrogen and oxygen atoms in total. The summed E-state index contributed by atoms with van der Waals surface area (Å²) in [6, 6.07) is 8.08. The number of aliphatic imine (C=N–C) groups is 1. The van der Waals surface area contributed by atoms with Crippen molar-refractivity contribution in [3.05, 3.63) is 45.4 Å². The maximum Gasteiger partial charge on any atom is 0.190 e. The molecule has 0 aliphatic carbocycles. The molecule has 2 aromatic rings. The van der Waals surface area contributed by atoms with E-state index in [-0.39, 0.29) is 0 Å². The molecule has 2 N–H and O–H groups in total. The Kier molecular flexibility index (Phi) is 7.73. The zero-order valence-electron chi connectivity index (χ0n) is 15.6. The van der Waals surface area contributed by atoms with Crippen LogP contribution in [0.25, 0.3) is 0 Å². The van der Waals surface area contributed by atoms with Gasteiger partial charge >= 0.3 is 0 Å². The van der Waals surface area contributed by atoms with Crippen LogP contribution in [0.1, 0.15) is 27.6 Å². The van der Waals surface area contributed by atoms with Crippen molar-refractivity contribution in [2.45, 2.75) is 33.6 Å². The number of benzene rings is 1. The van der Waals surface area contributed by atoms with Crippen LogP contribution in [0.2, 0.25) is 0 Å². The first-order chi connectivity index (χ1) is 12.1. The molecular formula is C19H28N4OS. The summed E-state index contributed by atoms with van der Waals surface area (Å²) in [7, 11) is 1.79. The van der Waals surface area contributed by atoms with Crippen LogP contribution < -0.4 is 15.4 Å². The Bertz CT molecular complexity index is 677. The number of para-hydroxylation sites is 1. The molecule has 0 amide bonds. The number of nitrogens with one attached hydrogen (secondary N) is 2. The van der Waals surface area contributed by atoms with Crippen LogP contribution in [0.15, 0.2) is 29.3 Å². The summed E-state index contributed by atoms with van der Waals surface area (Å²) in [6.07, 6.45) is 1.83. The van der Waals surface area contributed by atoms with Gasteiger partial charge in [0.2, 0.25) is 0 Å². The van der Waals surface area contributed by atoms with Gasteiger partial charge in [0.1, 0.15) is 5.75 Å². The highest BCUT2D eigenvalue weighted by Gasteiger charge is 2.04. The topological polar surface area (TPSA) is 58.5 Å². The number of ether oxygens (including phenoxy) is 1. The summed E-state index contributed by atoms with van der Waals surface area (Å²) in [5.41, 5.74) is 2.30. The smallest absolute Gasteiger partial charge is 0.190 e. The summed E-state index contributed by atoms with van der Waals surface area (Å²) < 4.78 is 5.80. The normalized spacial score (nSPS) is 11.4. The molecule has 6 heteroatoms. The standard InChI is InChI=1S/C19H28N4OS/c1-14-8-5-6-9-17(14)24-13-7-11-21-19(20-4)22-12-10-18-23-15(2)16(3)25-18/h5-6,8-9H,7,10-13H2,1-4H3,(H2,20,21,22). The number of nitrogens with zero attached hydrogens (tertiary/aromatic N) is 2. The molecule has 0 saturated carbocycles. The zero-order valence-corrected chi connectivity index (χ0v) is 16.4. The number of guanidine groups is 1. The van der Waals surface area contributed by atoms with Crippen molar-refractivity contribution in [2.75, 3.05) is 26.7 Å². The SMILES string of the molecule is CN=C(NCCCOc1ccccc1C)NCCc1nc(C)c(C)s1. The van der Waals surface area contributed by atoms with Crippen LogP contribution >= 0.6 is 11.3 Å². The Morgan fingerprint density at radius 3 is 2.60 bits per heavy atom. The maximum absolute atomic E-state index is 5.80. The van der Waals surface area contributed by atoms with Gasteiger partial charge in [-0.25, -0.2) is 4.98 Å². The molecule has 0 unspecified atom stereocenters. The number of rotatable bonds is 8. The van der Waals surface area contributed by atoms with Crippen LogP contribution in [0.3, 0.4) is 0 Å². The summed E-state index contributed by atoms with van der Waals surface area (Å²) in [4.78, 5) is 10.1. The number of thiazole rings is 1. The Morgan fingerprint density at radius 1 is 1.16 bits per heavy atom. The molecule has 25 heavy (non-hydrogen) atoms. The molecule has 0 radical (unpaired) electrons. The zero-order chi connectivity index (χ0) is 18.1. The Morgan fingerprint density at radius 2 is 1.92 bits per heavy atom. The molecule has 0 aliphatic heterocycles. The lowest BCUT2D eigenvalue weighted by Crippen LogP contribution is -2.39. The first-order valence-corrected chi connectivity index (χ1v) is 9.47. The Labute approximate surface area is 154 Å². The van der Waals surface area contributed by atoms with Gasteiger partial charge in [-0.1, -0.05) is 18.2 Å². The van der Waals surface area contributed by atoms with Crippen LogP contribution in [0, 0.1) is 20.8 Å². The average Bonchev–Trinajstić information content (AvgIpc) is 2.92. The molecule has 1 aromatic carbocycles. The monoisotopic (exact) mass is 360 g/mol. The maximum atomic E-state index is 5.80. The molecule has 1 aromatic heterocycles. The van der Waals surface area contributed by atoms with Gasteiger partial charge in [0.15, 0.2) is 5.96 Å². The fourth-order valence-corrected chi connectivity index (χ4v) is 3.27. The van der Waals surface area contributed by atoms with Gasteiger partial charge in [-0.15, -0.1) is 11.3 Å². The third kappa shape index (κ3) is 6.38. The van der Waals surface area contributed by atoms with Gasteiger partial charge in [-0.05, 0) is 38.8 Å². The molecule has 1 heterocycles. The molecule has 0 saturated heterocycles. The van der Waals surface area contributed by atoms with E-state index in [2.05, 4.69) is 47.4 Å². The van der Waals surface area contributed by atoms with Crippen molar-refractivity contribution >= 4 is 17.3 Å². The van der Waals surface area contributed by atoms with E-state index in [1.165, 1.54) is 15.4 Å². The lowest BCUT2D eigenvalue weighted by Gasteiger charge is -2.12. The van der Waals surface area contributed by atoms with Crippen LogP contribution in [-0.4, -0.2) is 37.7 Å². The second kappa shape index (κ2) is 10.0. The highest BCUT2D eigenvalue weighted by Crippen LogP contribution is 2.17. The molecule has 0 aliphatic rings. The summed E-state index contributed by atoms with van der Waals surface area (Å²) in [5, 5.41) is 7.82. The Hall–Kier alpha value is -2.08. The van der Waals surface area contributed by atoms with E-state index in [1.807, 2.05) is 18.2 Å². The van der Waals surface area contributed by atoms with Crippen LogP contribution in [0.4, 0.5) is 0 Å². The van der Waals surface area contributed by atoms with Gasteiger partial charge in [-0.2, -0.15) is 0 Å². The summed E-state index contributed by atoms with van der Waals surface area (Å²) in [5.74, 6) is 1.78. The van der Waals surface area contributed by atoms with Crippen molar-refractivity contribution in [1.82, 2.24) is 15.6 Å². The third-order valence-electron chi connectivity index (χ3n) is 3.89. The van der Waals surface area contributed by atoms with Gasteiger partial charge < -0.3 is 15.4 Å². The fourth-order valence-electron chi connectivity index (χ4n) is 2.33. The van der Waals surface area contributed by atoms with E-state index in [9.17, 15) is 0 Å². The van der Waals surface area contributed by atoms with Gasteiger partial charge in [0, 0.05) is 31.4 Å². The molecule has 2 rings (SSSR count). The van der Waals surface area contributed by atoms with Crippen LogP contribution in [0.5, 0.6) is 5.75 Å². The van der Waals surface area contributed by atoms with Crippen molar-refractivity contribution < 1.29 is 4.74 Å². The third-order valence-corrected chi connectivity index (χ3v) is 5.03. The van der Waals surface area contributed by atoms with Crippen molar-refractivity contribution in [3.8, 4) is 5.75 Å². The van der Waals surface area contributed by atoms with E-state index in [1.54, 1.807) is 18.4 Å². The van der Waals surface area contributed by atoms with E-state index < -0.39 is 0 Å². The minimum Gasteiger partial charge on any atom is -0.493 e. The van der Waals surface area contributed by atoms with E-state index in [0.717, 1.165) is 43.3 Å². The van der Waals surface area contributed by atoms with Crippen LogP contribution in [-0.2, 0) is 6.42 Å². The number of hydrogen-bond donors (Lipinski definition) is 2. The number of hydrogen-bond acceptors (Lipinski definition) is 4. The molecule has 0 fully saturated rings. The number of aromatic nitrogens is 1. The lowest BCUT2D eigenvalue weighted by atomic mass is 10.2. The highest BCUT2D eigenvalue weighted by atomic mass is 32.1. The predicted octanol–water partition coefficient (Wildman–Crippen LogP) is 3.24. The second-order valence-electron chi connectivity index (χ2n) is 5.89. The average molecular weight is 361 g/mol. The molecule has 0 spiro atoms. The van der Waals surface area contributed by atoms with Crippen molar-refractivity contribution in [1.29, 1.82) is 0 Å². The molecule has 0 atom stereocenters. The molecular weight excluding hydrogens is 332 g/mol. The molecule has 136 valence electrons. The minimum atomic E-state index is 0.687. The second-order valence-corrected chi connectivity index (χ2v) is 7.18.